The van der Waals surface area contributed by atoms with Gasteiger partial charge in [0.2, 0.25) is 0 Å². The molecule has 3 nitrogen and oxygen atoms in total. The van der Waals surface area contributed by atoms with Crippen molar-refractivity contribution in [1.82, 2.24) is 9.97 Å². The Bertz CT molecular complexity index is 575. The summed E-state index contributed by atoms with van der Waals surface area (Å²) in [6.45, 7) is 3.51. The van der Waals surface area contributed by atoms with Crippen molar-refractivity contribution < 1.29 is 9.13 Å². The van der Waals surface area contributed by atoms with Crippen LogP contribution in [0.4, 0.5) is 4.39 Å². The molecule has 0 aliphatic heterocycles. The number of hydrogen-bond acceptors (Lipinski definition) is 3. The molecule has 5 heteroatoms. The first-order valence-electron chi connectivity index (χ1n) is 5.42. The summed E-state index contributed by atoms with van der Waals surface area (Å²) in [5.74, 6) is 0.406. The van der Waals surface area contributed by atoms with E-state index in [1.807, 2.05) is 6.92 Å². The van der Waals surface area contributed by atoms with E-state index in [1.165, 1.54) is 6.07 Å². The Morgan fingerprint density at radius 2 is 2.11 bits per heavy atom. The van der Waals surface area contributed by atoms with Gasteiger partial charge in [0.1, 0.15) is 11.6 Å². The van der Waals surface area contributed by atoms with Gasteiger partial charge in [-0.05, 0) is 25.5 Å². The van der Waals surface area contributed by atoms with Crippen LogP contribution in [-0.4, -0.2) is 9.97 Å². The van der Waals surface area contributed by atoms with Gasteiger partial charge in [-0.15, -0.1) is 11.6 Å². The topological polar surface area (TPSA) is 35.0 Å². The Labute approximate surface area is 110 Å². The molecule has 0 bridgehead atoms. The molecule has 94 valence electrons. The van der Waals surface area contributed by atoms with E-state index >= 15 is 0 Å². The van der Waals surface area contributed by atoms with Crippen molar-refractivity contribution in [1.29, 1.82) is 0 Å². The van der Waals surface area contributed by atoms with E-state index in [0.29, 0.717) is 17.2 Å². The van der Waals surface area contributed by atoms with Crippen molar-refractivity contribution >= 4 is 11.6 Å². The summed E-state index contributed by atoms with van der Waals surface area (Å²) in [7, 11) is 0. The molecule has 1 aromatic carbocycles. The van der Waals surface area contributed by atoms with Gasteiger partial charge in [0.05, 0.1) is 5.88 Å². The average molecular weight is 267 g/mol. The van der Waals surface area contributed by atoms with Gasteiger partial charge in [0.25, 0.3) is 0 Å². The van der Waals surface area contributed by atoms with Gasteiger partial charge >= 0.3 is 6.01 Å². The number of alkyl halides is 1. The Morgan fingerprint density at radius 3 is 2.72 bits per heavy atom. The average Bonchev–Trinajstić information content (AvgIpc) is 2.34. The molecule has 2 rings (SSSR count). The summed E-state index contributed by atoms with van der Waals surface area (Å²) in [5, 5.41) is 0. The second kappa shape index (κ2) is 5.31. The van der Waals surface area contributed by atoms with E-state index < -0.39 is 0 Å². The molecular formula is C13H12ClFN2O. The standard InChI is InChI=1S/C13H12ClFN2O/c1-8-3-4-11(5-12(8)15)18-13-16-7-10(6-14)9(2)17-13/h3-5,7H,6H2,1-2H3. The molecule has 0 saturated heterocycles. The smallest absolute Gasteiger partial charge is 0.322 e. The van der Waals surface area contributed by atoms with Gasteiger partial charge < -0.3 is 4.74 Å². The first-order chi connectivity index (χ1) is 8.60. The zero-order valence-electron chi connectivity index (χ0n) is 10.1. The number of aromatic nitrogens is 2. The number of ether oxygens (including phenoxy) is 1. The number of benzene rings is 1. The molecule has 0 aliphatic rings. The number of nitrogens with zero attached hydrogens (tertiary/aromatic N) is 2. The molecule has 0 radical (unpaired) electrons. The number of aryl methyl sites for hydroxylation is 2. The molecule has 1 heterocycles. The highest BCUT2D eigenvalue weighted by Crippen LogP contribution is 2.21. The second-order valence-electron chi connectivity index (χ2n) is 3.91. The minimum absolute atomic E-state index is 0.185. The van der Waals surface area contributed by atoms with Crippen LogP contribution in [0, 0.1) is 19.7 Å². The Kier molecular flexibility index (Phi) is 3.77. The summed E-state index contributed by atoms with van der Waals surface area (Å²) >= 11 is 5.71. The fraction of sp³-hybridized carbons (Fsp3) is 0.231. The summed E-state index contributed by atoms with van der Waals surface area (Å²) in [5.41, 5.74) is 2.17. The number of halogens is 2. The van der Waals surface area contributed by atoms with Crippen LogP contribution < -0.4 is 4.74 Å². The number of rotatable bonds is 3. The molecule has 0 fully saturated rings. The third kappa shape index (κ3) is 2.76. The van der Waals surface area contributed by atoms with Crippen LogP contribution in [0.25, 0.3) is 0 Å². The third-order valence-corrected chi connectivity index (χ3v) is 2.84. The molecule has 0 N–H and O–H groups in total. The Hall–Kier alpha value is -1.68. The zero-order chi connectivity index (χ0) is 13.1. The lowest BCUT2D eigenvalue weighted by Crippen LogP contribution is -1.97. The lowest BCUT2D eigenvalue weighted by atomic mass is 10.2. The molecule has 1 aromatic heterocycles. The second-order valence-corrected chi connectivity index (χ2v) is 4.18. The van der Waals surface area contributed by atoms with E-state index in [0.717, 1.165) is 11.3 Å². The number of hydrogen-bond donors (Lipinski definition) is 0. The van der Waals surface area contributed by atoms with Crippen LogP contribution in [0.3, 0.4) is 0 Å². The van der Waals surface area contributed by atoms with Gasteiger partial charge in [0.15, 0.2) is 0 Å². The normalized spacial score (nSPS) is 10.4. The van der Waals surface area contributed by atoms with E-state index in [4.69, 9.17) is 16.3 Å². The van der Waals surface area contributed by atoms with Crippen LogP contribution in [0.5, 0.6) is 11.8 Å². The van der Waals surface area contributed by atoms with Crippen molar-refractivity contribution in [2.45, 2.75) is 19.7 Å². The Morgan fingerprint density at radius 1 is 1.33 bits per heavy atom. The zero-order valence-corrected chi connectivity index (χ0v) is 10.8. The van der Waals surface area contributed by atoms with Crippen molar-refractivity contribution in [3.8, 4) is 11.8 Å². The minimum atomic E-state index is -0.318. The maximum atomic E-state index is 13.3. The van der Waals surface area contributed by atoms with Crippen LogP contribution >= 0.6 is 11.6 Å². The van der Waals surface area contributed by atoms with Gasteiger partial charge in [-0.2, -0.15) is 4.98 Å². The maximum absolute atomic E-state index is 13.3. The predicted molar refractivity (Wildman–Crippen MR) is 67.5 cm³/mol. The van der Waals surface area contributed by atoms with Crippen LogP contribution in [-0.2, 0) is 5.88 Å². The monoisotopic (exact) mass is 266 g/mol. The molecule has 18 heavy (non-hydrogen) atoms. The van der Waals surface area contributed by atoms with Gasteiger partial charge in [-0.1, -0.05) is 6.07 Å². The summed E-state index contributed by atoms with van der Waals surface area (Å²) < 4.78 is 18.7. The molecular weight excluding hydrogens is 255 g/mol. The van der Waals surface area contributed by atoms with E-state index in [9.17, 15) is 4.39 Å². The van der Waals surface area contributed by atoms with E-state index in [-0.39, 0.29) is 11.8 Å². The highest BCUT2D eigenvalue weighted by atomic mass is 35.5. The molecule has 0 aliphatic carbocycles. The first-order valence-corrected chi connectivity index (χ1v) is 5.96. The van der Waals surface area contributed by atoms with Crippen molar-refractivity contribution in [2.75, 3.05) is 0 Å². The van der Waals surface area contributed by atoms with Crippen molar-refractivity contribution in [2.24, 2.45) is 0 Å². The molecule has 0 atom stereocenters. The predicted octanol–water partition coefficient (Wildman–Crippen LogP) is 3.76. The summed E-state index contributed by atoms with van der Waals surface area (Å²) in [4.78, 5) is 8.17. The molecule has 0 unspecified atom stereocenters. The lowest BCUT2D eigenvalue weighted by Gasteiger charge is -2.06. The Balaban J connectivity index is 2.23. The molecule has 0 spiro atoms. The van der Waals surface area contributed by atoms with Gasteiger partial charge in [-0.3, -0.25) is 0 Å². The largest absolute Gasteiger partial charge is 0.424 e. The molecule has 0 amide bonds. The molecule has 0 saturated carbocycles. The fourth-order valence-electron chi connectivity index (χ4n) is 1.39. The van der Waals surface area contributed by atoms with Gasteiger partial charge in [-0.25, -0.2) is 9.37 Å². The SMILES string of the molecule is Cc1ccc(Oc2ncc(CCl)c(C)n2)cc1F. The van der Waals surface area contributed by atoms with Crippen LogP contribution in [0.2, 0.25) is 0 Å². The summed E-state index contributed by atoms with van der Waals surface area (Å²) in [6.07, 6.45) is 1.61. The molecule has 2 aromatic rings. The van der Waals surface area contributed by atoms with Crippen LogP contribution in [0.15, 0.2) is 24.4 Å². The van der Waals surface area contributed by atoms with Crippen molar-refractivity contribution in [3.63, 3.8) is 0 Å². The van der Waals surface area contributed by atoms with Crippen molar-refractivity contribution in [3.05, 3.63) is 47.0 Å². The highest BCUT2D eigenvalue weighted by molar-refractivity contribution is 6.17. The maximum Gasteiger partial charge on any atom is 0.322 e. The van der Waals surface area contributed by atoms with Crippen LogP contribution in [0.1, 0.15) is 16.8 Å². The first kappa shape index (κ1) is 12.8. The minimum Gasteiger partial charge on any atom is -0.424 e. The third-order valence-electron chi connectivity index (χ3n) is 2.56. The van der Waals surface area contributed by atoms with E-state index in [2.05, 4.69) is 9.97 Å². The highest BCUT2D eigenvalue weighted by Gasteiger charge is 2.06. The lowest BCUT2D eigenvalue weighted by molar-refractivity contribution is 0.435. The fourth-order valence-corrected chi connectivity index (χ4v) is 1.66. The van der Waals surface area contributed by atoms with Gasteiger partial charge in [0, 0.05) is 23.5 Å². The summed E-state index contributed by atoms with van der Waals surface area (Å²) in [6, 6.07) is 4.81. The quantitative estimate of drug-likeness (QED) is 0.794. The van der Waals surface area contributed by atoms with E-state index in [1.54, 1.807) is 25.3 Å².